The van der Waals surface area contributed by atoms with Gasteiger partial charge in [-0.1, -0.05) is 13.8 Å². The normalized spacial score (nSPS) is 29.1. The molecule has 0 aromatic heterocycles. The molecule has 112 valence electrons. The number of unbranched alkanes of at least 4 members (excludes halogenated alkanes) is 1. The van der Waals surface area contributed by atoms with Crippen LogP contribution in [0.15, 0.2) is 0 Å². The van der Waals surface area contributed by atoms with E-state index in [1.807, 2.05) is 0 Å². The quantitative estimate of drug-likeness (QED) is 0.685. The number of hydrogen-bond donors (Lipinski definition) is 1. The van der Waals surface area contributed by atoms with Gasteiger partial charge in [0.25, 0.3) is 0 Å². The Morgan fingerprint density at radius 3 is 2.68 bits per heavy atom. The van der Waals surface area contributed by atoms with Crippen molar-refractivity contribution in [1.29, 1.82) is 0 Å². The minimum absolute atomic E-state index is 0.706. The van der Waals surface area contributed by atoms with Gasteiger partial charge in [0.2, 0.25) is 0 Å². The summed E-state index contributed by atoms with van der Waals surface area (Å²) in [6.07, 6.45) is 6.70. The Kier molecular flexibility index (Phi) is 6.11. The Hall–Kier alpha value is -0.120. The van der Waals surface area contributed by atoms with Crippen LogP contribution in [-0.4, -0.2) is 50.3 Å². The maximum Gasteiger partial charge on any atom is 0.0462 e. The molecule has 0 aromatic carbocycles. The predicted molar refractivity (Wildman–Crippen MR) is 80.4 cm³/mol. The molecule has 2 unspecified atom stereocenters. The summed E-state index contributed by atoms with van der Waals surface area (Å²) >= 11 is 0. The van der Waals surface area contributed by atoms with Crippen LogP contribution in [0.2, 0.25) is 0 Å². The van der Waals surface area contributed by atoms with Gasteiger partial charge < -0.3 is 10.1 Å². The van der Waals surface area contributed by atoms with Gasteiger partial charge in [0.1, 0.15) is 0 Å². The SMILES string of the molecule is COCCCCN1CC(CC(C)C)NCC1C1CC1. The van der Waals surface area contributed by atoms with Crippen LogP contribution in [-0.2, 0) is 4.74 Å². The van der Waals surface area contributed by atoms with Crippen molar-refractivity contribution in [3.63, 3.8) is 0 Å². The Morgan fingerprint density at radius 2 is 2.05 bits per heavy atom. The molecule has 1 heterocycles. The molecule has 0 radical (unpaired) electrons. The highest BCUT2D eigenvalue weighted by Gasteiger charge is 2.38. The number of rotatable bonds is 8. The lowest BCUT2D eigenvalue weighted by atomic mass is 9.98. The van der Waals surface area contributed by atoms with Gasteiger partial charge in [-0.2, -0.15) is 0 Å². The first-order valence-corrected chi connectivity index (χ1v) is 8.17. The molecule has 0 amide bonds. The lowest BCUT2D eigenvalue weighted by Gasteiger charge is -2.41. The highest BCUT2D eigenvalue weighted by Crippen LogP contribution is 2.36. The molecule has 19 heavy (non-hydrogen) atoms. The van der Waals surface area contributed by atoms with E-state index in [4.69, 9.17) is 4.74 Å². The van der Waals surface area contributed by atoms with Gasteiger partial charge in [-0.25, -0.2) is 0 Å². The molecular weight excluding hydrogens is 236 g/mol. The molecular formula is C16H32N2O. The largest absolute Gasteiger partial charge is 0.385 e. The van der Waals surface area contributed by atoms with E-state index in [1.54, 1.807) is 7.11 Å². The number of methoxy groups -OCH3 is 1. The van der Waals surface area contributed by atoms with E-state index < -0.39 is 0 Å². The first-order valence-electron chi connectivity index (χ1n) is 8.17. The van der Waals surface area contributed by atoms with Gasteiger partial charge in [-0.15, -0.1) is 0 Å². The second-order valence-corrected chi connectivity index (χ2v) is 6.83. The molecule has 0 aromatic rings. The topological polar surface area (TPSA) is 24.5 Å². The monoisotopic (exact) mass is 268 g/mol. The van der Waals surface area contributed by atoms with Crippen molar-refractivity contribution in [3.05, 3.63) is 0 Å². The summed E-state index contributed by atoms with van der Waals surface area (Å²) in [7, 11) is 1.80. The van der Waals surface area contributed by atoms with Crippen molar-refractivity contribution < 1.29 is 4.74 Å². The predicted octanol–water partition coefficient (Wildman–Crippen LogP) is 2.51. The van der Waals surface area contributed by atoms with Gasteiger partial charge in [0.05, 0.1) is 0 Å². The van der Waals surface area contributed by atoms with Crippen LogP contribution in [0.5, 0.6) is 0 Å². The highest BCUT2D eigenvalue weighted by molar-refractivity contribution is 4.95. The third-order valence-electron chi connectivity index (χ3n) is 4.51. The molecule has 1 saturated heterocycles. The van der Waals surface area contributed by atoms with Gasteiger partial charge in [-0.3, -0.25) is 4.90 Å². The van der Waals surface area contributed by atoms with Gasteiger partial charge in [-0.05, 0) is 50.5 Å². The number of nitrogens with zero attached hydrogens (tertiary/aromatic N) is 1. The third kappa shape index (κ3) is 5.05. The molecule has 2 aliphatic rings. The minimum Gasteiger partial charge on any atom is -0.385 e. The van der Waals surface area contributed by atoms with Crippen molar-refractivity contribution in [1.82, 2.24) is 10.2 Å². The molecule has 1 N–H and O–H groups in total. The molecule has 3 nitrogen and oxygen atoms in total. The Labute approximate surface area is 119 Å². The van der Waals surface area contributed by atoms with Gasteiger partial charge in [0.15, 0.2) is 0 Å². The number of ether oxygens (including phenoxy) is 1. The molecule has 2 rings (SSSR count). The zero-order chi connectivity index (χ0) is 13.7. The summed E-state index contributed by atoms with van der Waals surface area (Å²) < 4.78 is 5.16. The summed E-state index contributed by atoms with van der Waals surface area (Å²) in [5.41, 5.74) is 0. The minimum atomic E-state index is 0.706. The van der Waals surface area contributed by atoms with E-state index in [0.717, 1.165) is 24.5 Å². The maximum absolute atomic E-state index is 5.16. The van der Waals surface area contributed by atoms with Crippen LogP contribution in [0, 0.1) is 11.8 Å². The average molecular weight is 268 g/mol. The molecule has 1 aliphatic carbocycles. The van der Waals surface area contributed by atoms with Crippen LogP contribution in [0.4, 0.5) is 0 Å². The van der Waals surface area contributed by atoms with Crippen LogP contribution in [0.1, 0.15) is 46.0 Å². The molecule has 1 saturated carbocycles. The Balaban J connectivity index is 1.78. The zero-order valence-corrected chi connectivity index (χ0v) is 13.0. The van der Waals surface area contributed by atoms with Crippen molar-refractivity contribution in [3.8, 4) is 0 Å². The zero-order valence-electron chi connectivity index (χ0n) is 13.0. The van der Waals surface area contributed by atoms with Crippen LogP contribution >= 0.6 is 0 Å². The summed E-state index contributed by atoms with van der Waals surface area (Å²) in [5.74, 6) is 1.78. The molecule has 1 aliphatic heterocycles. The van der Waals surface area contributed by atoms with E-state index in [2.05, 4.69) is 24.1 Å². The van der Waals surface area contributed by atoms with Crippen LogP contribution < -0.4 is 5.32 Å². The van der Waals surface area contributed by atoms with Crippen LogP contribution in [0.25, 0.3) is 0 Å². The van der Waals surface area contributed by atoms with E-state index in [1.165, 1.54) is 51.7 Å². The smallest absolute Gasteiger partial charge is 0.0462 e. The fourth-order valence-electron chi connectivity index (χ4n) is 3.39. The first-order chi connectivity index (χ1) is 9.20. The Morgan fingerprint density at radius 1 is 1.26 bits per heavy atom. The van der Waals surface area contributed by atoms with Crippen molar-refractivity contribution in [2.24, 2.45) is 11.8 Å². The summed E-state index contributed by atoms with van der Waals surface area (Å²) in [4.78, 5) is 2.77. The number of nitrogens with one attached hydrogen (secondary N) is 1. The van der Waals surface area contributed by atoms with Crippen LogP contribution in [0.3, 0.4) is 0 Å². The van der Waals surface area contributed by atoms with Crippen molar-refractivity contribution in [2.45, 2.75) is 58.0 Å². The van der Waals surface area contributed by atoms with Crippen molar-refractivity contribution >= 4 is 0 Å². The molecule has 2 atom stereocenters. The van der Waals surface area contributed by atoms with Gasteiger partial charge >= 0.3 is 0 Å². The van der Waals surface area contributed by atoms with Crippen molar-refractivity contribution in [2.75, 3.05) is 33.4 Å². The highest BCUT2D eigenvalue weighted by atomic mass is 16.5. The van der Waals surface area contributed by atoms with Gasteiger partial charge in [0, 0.05) is 38.9 Å². The standard InChI is InChI=1S/C16H32N2O/c1-13(2)10-15-12-18(8-4-5-9-19-3)16(11-17-15)14-6-7-14/h13-17H,4-12H2,1-3H3. The first kappa shape index (κ1) is 15.3. The molecule has 0 bridgehead atoms. The molecule has 3 heteroatoms. The third-order valence-corrected chi connectivity index (χ3v) is 4.51. The summed E-state index contributed by atoms with van der Waals surface area (Å²) in [6.45, 7) is 9.31. The molecule has 0 spiro atoms. The lowest BCUT2D eigenvalue weighted by molar-refractivity contribution is 0.101. The number of hydrogen-bond acceptors (Lipinski definition) is 3. The van der Waals surface area contributed by atoms with E-state index >= 15 is 0 Å². The fraction of sp³-hybridized carbons (Fsp3) is 1.00. The molecule has 2 fully saturated rings. The van der Waals surface area contributed by atoms with E-state index in [0.29, 0.717) is 6.04 Å². The second-order valence-electron chi connectivity index (χ2n) is 6.83. The Bertz CT molecular complexity index is 253. The summed E-state index contributed by atoms with van der Waals surface area (Å²) in [6, 6.07) is 1.52. The second kappa shape index (κ2) is 7.61. The van der Waals surface area contributed by atoms with E-state index in [9.17, 15) is 0 Å². The fourth-order valence-corrected chi connectivity index (χ4v) is 3.39. The average Bonchev–Trinajstić information content (AvgIpc) is 3.18. The lowest BCUT2D eigenvalue weighted by Crippen LogP contribution is -2.57. The maximum atomic E-state index is 5.16. The number of piperazine rings is 1. The van der Waals surface area contributed by atoms with E-state index in [-0.39, 0.29) is 0 Å². The summed E-state index contributed by atoms with van der Waals surface area (Å²) in [5, 5.41) is 3.79.